The molecule has 1 heterocycles. The van der Waals surface area contributed by atoms with E-state index in [4.69, 9.17) is 10.3 Å². The van der Waals surface area contributed by atoms with Gasteiger partial charge in [0, 0.05) is 15.7 Å². The van der Waals surface area contributed by atoms with Gasteiger partial charge < -0.3 is 10.3 Å². The van der Waals surface area contributed by atoms with E-state index in [1.165, 1.54) is 12.1 Å². The van der Waals surface area contributed by atoms with Crippen molar-refractivity contribution in [2.45, 2.75) is 6.92 Å². The van der Waals surface area contributed by atoms with Crippen LogP contribution in [0.3, 0.4) is 0 Å². The molecule has 3 rings (SSSR count). The SMILES string of the molecule is Cc1cc(Br)ccc1-c1noc(-c2c(N)cccc2F)n1. The van der Waals surface area contributed by atoms with Gasteiger partial charge in [-0.1, -0.05) is 27.2 Å². The Balaban J connectivity index is 2.08. The molecule has 0 atom stereocenters. The van der Waals surface area contributed by atoms with Gasteiger partial charge in [0.15, 0.2) is 0 Å². The highest BCUT2D eigenvalue weighted by Gasteiger charge is 2.17. The van der Waals surface area contributed by atoms with Crippen LogP contribution in [0.1, 0.15) is 5.56 Å². The third-order valence-corrected chi connectivity index (χ3v) is 3.61. The van der Waals surface area contributed by atoms with E-state index in [0.717, 1.165) is 15.6 Å². The number of rotatable bonds is 2. The van der Waals surface area contributed by atoms with Crippen molar-refractivity contribution >= 4 is 21.6 Å². The molecule has 0 amide bonds. The molecule has 2 aromatic carbocycles. The molecule has 0 aliphatic heterocycles. The molecule has 0 saturated carbocycles. The zero-order valence-electron chi connectivity index (χ0n) is 11.1. The number of hydrogen-bond donors (Lipinski definition) is 1. The highest BCUT2D eigenvalue weighted by molar-refractivity contribution is 9.10. The van der Waals surface area contributed by atoms with Crippen molar-refractivity contribution in [2.75, 3.05) is 5.73 Å². The lowest BCUT2D eigenvalue weighted by Crippen LogP contribution is -1.93. The highest BCUT2D eigenvalue weighted by atomic mass is 79.9. The first kappa shape index (κ1) is 13.8. The summed E-state index contributed by atoms with van der Waals surface area (Å²) >= 11 is 3.40. The second-order valence-electron chi connectivity index (χ2n) is 4.59. The highest BCUT2D eigenvalue weighted by Crippen LogP contribution is 2.30. The van der Waals surface area contributed by atoms with Gasteiger partial charge in [0.1, 0.15) is 5.82 Å². The largest absolute Gasteiger partial charge is 0.398 e. The summed E-state index contributed by atoms with van der Waals surface area (Å²) < 4.78 is 20.0. The lowest BCUT2D eigenvalue weighted by atomic mass is 10.1. The fourth-order valence-corrected chi connectivity index (χ4v) is 2.55. The molecule has 2 N–H and O–H groups in total. The summed E-state index contributed by atoms with van der Waals surface area (Å²) in [5, 5.41) is 3.91. The fourth-order valence-electron chi connectivity index (χ4n) is 2.08. The lowest BCUT2D eigenvalue weighted by Gasteiger charge is -2.01. The summed E-state index contributed by atoms with van der Waals surface area (Å²) in [4.78, 5) is 4.25. The fraction of sp³-hybridized carbons (Fsp3) is 0.0667. The predicted octanol–water partition coefficient (Wildman–Crippen LogP) is 4.20. The molecule has 0 fully saturated rings. The minimum atomic E-state index is -0.488. The Bertz CT molecular complexity index is 796. The summed E-state index contributed by atoms with van der Waals surface area (Å²) in [6.07, 6.45) is 0. The van der Waals surface area contributed by atoms with Crippen LogP contribution in [0.5, 0.6) is 0 Å². The van der Waals surface area contributed by atoms with Crippen molar-refractivity contribution in [3.8, 4) is 22.8 Å². The van der Waals surface area contributed by atoms with Gasteiger partial charge in [0.2, 0.25) is 5.82 Å². The Hall–Kier alpha value is -2.21. The van der Waals surface area contributed by atoms with Crippen LogP contribution in [0.25, 0.3) is 22.8 Å². The van der Waals surface area contributed by atoms with Gasteiger partial charge in [-0.2, -0.15) is 4.98 Å². The van der Waals surface area contributed by atoms with Crippen LogP contribution in [-0.2, 0) is 0 Å². The van der Waals surface area contributed by atoms with E-state index >= 15 is 0 Å². The Kier molecular flexibility index (Phi) is 3.47. The maximum atomic E-state index is 13.9. The van der Waals surface area contributed by atoms with Crippen LogP contribution in [0, 0.1) is 12.7 Å². The molecule has 0 spiro atoms. The molecule has 4 nitrogen and oxygen atoms in total. The molecule has 0 radical (unpaired) electrons. The number of nitrogens with two attached hydrogens (primary N) is 1. The number of nitrogens with zero attached hydrogens (tertiary/aromatic N) is 2. The number of aryl methyl sites for hydroxylation is 1. The molecular weight excluding hydrogens is 337 g/mol. The van der Waals surface area contributed by atoms with Crippen molar-refractivity contribution in [3.63, 3.8) is 0 Å². The quantitative estimate of drug-likeness (QED) is 0.705. The standard InChI is InChI=1S/C15H11BrFN3O/c1-8-7-9(16)5-6-10(8)14-19-15(21-20-14)13-11(17)3-2-4-12(13)18/h2-7H,18H2,1H3. The Morgan fingerprint density at radius 3 is 2.76 bits per heavy atom. The zero-order valence-corrected chi connectivity index (χ0v) is 12.7. The van der Waals surface area contributed by atoms with Gasteiger partial charge in [-0.25, -0.2) is 4.39 Å². The maximum absolute atomic E-state index is 13.9. The van der Waals surface area contributed by atoms with Gasteiger partial charge in [0.05, 0.1) is 5.56 Å². The maximum Gasteiger partial charge on any atom is 0.263 e. The van der Waals surface area contributed by atoms with Gasteiger partial charge in [0.25, 0.3) is 5.89 Å². The van der Waals surface area contributed by atoms with Crippen LogP contribution in [0.2, 0.25) is 0 Å². The molecule has 0 bridgehead atoms. The normalized spacial score (nSPS) is 10.8. The second-order valence-corrected chi connectivity index (χ2v) is 5.50. The summed E-state index contributed by atoms with van der Waals surface area (Å²) in [5.74, 6) is -0.0155. The van der Waals surface area contributed by atoms with Crippen molar-refractivity contribution in [1.29, 1.82) is 0 Å². The van der Waals surface area contributed by atoms with Gasteiger partial charge in [-0.15, -0.1) is 0 Å². The first-order valence-electron chi connectivity index (χ1n) is 6.21. The Morgan fingerprint density at radius 1 is 1.24 bits per heavy atom. The summed E-state index contributed by atoms with van der Waals surface area (Å²) in [7, 11) is 0. The molecule has 106 valence electrons. The van der Waals surface area contributed by atoms with Crippen molar-refractivity contribution in [3.05, 3.63) is 52.3 Å². The summed E-state index contributed by atoms with van der Waals surface area (Å²) in [6, 6.07) is 10.1. The van der Waals surface area contributed by atoms with Crippen LogP contribution in [0.4, 0.5) is 10.1 Å². The monoisotopic (exact) mass is 347 g/mol. The van der Waals surface area contributed by atoms with E-state index < -0.39 is 5.82 Å². The molecule has 1 aromatic heterocycles. The first-order valence-corrected chi connectivity index (χ1v) is 7.00. The molecule has 0 saturated heterocycles. The molecule has 0 aliphatic carbocycles. The lowest BCUT2D eigenvalue weighted by molar-refractivity contribution is 0.430. The third-order valence-electron chi connectivity index (χ3n) is 3.12. The molecule has 21 heavy (non-hydrogen) atoms. The average molecular weight is 348 g/mol. The molecule has 3 aromatic rings. The predicted molar refractivity (Wildman–Crippen MR) is 82.0 cm³/mol. The van der Waals surface area contributed by atoms with Crippen LogP contribution in [-0.4, -0.2) is 10.1 Å². The zero-order chi connectivity index (χ0) is 15.0. The van der Waals surface area contributed by atoms with Crippen LogP contribution in [0.15, 0.2) is 45.4 Å². The topological polar surface area (TPSA) is 64.9 Å². The van der Waals surface area contributed by atoms with E-state index in [-0.39, 0.29) is 17.1 Å². The number of anilines is 1. The van der Waals surface area contributed by atoms with Gasteiger partial charge in [-0.3, -0.25) is 0 Å². The van der Waals surface area contributed by atoms with Crippen molar-refractivity contribution in [2.24, 2.45) is 0 Å². The Labute approximate surface area is 128 Å². The van der Waals surface area contributed by atoms with E-state index in [0.29, 0.717) is 5.82 Å². The molecule has 0 aliphatic rings. The number of aromatic nitrogens is 2. The van der Waals surface area contributed by atoms with E-state index in [9.17, 15) is 4.39 Å². The second kappa shape index (κ2) is 5.29. The summed E-state index contributed by atoms with van der Waals surface area (Å²) in [6.45, 7) is 1.94. The third kappa shape index (κ3) is 2.54. The minimum absolute atomic E-state index is 0.0721. The summed E-state index contributed by atoms with van der Waals surface area (Å²) in [5.41, 5.74) is 7.98. The smallest absolute Gasteiger partial charge is 0.263 e. The molecule has 6 heteroatoms. The van der Waals surface area contributed by atoms with E-state index in [1.807, 2.05) is 25.1 Å². The number of benzene rings is 2. The van der Waals surface area contributed by atoms with Crippen molar-refractivity contribution < 1.29 is 8.91 Å². The van der Waals surface area contributed by atoms with E-state index in [1.54, 1.807) is 6.07 Å². The van der Waals surface area contributed by atoms with Crippen molar-refractivity contribution in [1.82, 2.24) is 10.1 Å². The molecular formula is C15H11BrFN3O. The number of hydrogen-bond acceptors (Lipinski definition) is 4. The van der Waals surface area contributed by atoms with Gasteiger partial charge >= 0.3 is 0 Å². The first-order chi connectivity index (χ1) is 10.1. The molecule has 0 unspecified atom stereocenters. The van der Waals surface area contributed by atoms with Crippen LogP contribution < -0.4 is 5.73 Å². The minimum Gasteiger partial charge on any atom is -0.398 e. The van der Waals surface area contributed by atoms with Gasteiger partial charge in [-0.05, 0) is 42.8 Å². The Morgan fingerprint density at radius 2 is 2.05 bits per heavy atom. The number of halogens is 2. The number of nitrogen functional groups attached to an aromatic ring is 1. The average Bonchev–Trinajstić information content (AvgIpc) is 2.87. The van der Waals surface area contributed by atoms with Crippen LogP contribution >= 0.6 is 15.9 Å². The van der Waals surface area contributed by atoms with E-state index in [2.05, 4.69) is 26.1 Å².